The molecule has 0 atom stereocenters. The van der Waals surface area contributed by atoms with E-state index in [1.807, 2.05) is 0 Å². The lowest BCUT2D eigenvalue weighted by Crippen LogP contribution is -2.14. The van der Waals surface area contributed by atoms with E-state index in [4.69, 9.17) is 0 Å². The number of fused-ring (bicyclic) bond motifs is 6. The van der Waals surface area contributed by atoms with Crippen LogP contribution in [-0.2, 0) is 5.41 Å². The van der Waals surface area contributed by atoms with Gasteiger partial charge < -0.3 is 5.32 Å². The van der Waals surface area contributed by atoms with E-state index in [0.717, 1.165) is 11.4 Å². The third-order valence-corrected chi connectivity index (χ3v) is 7.85. The van der Waals surface area contributed by atoms with E-state index in [1.54, 1.807) is 0 Å². The van der Waals surface area contributed by atoms with Crippen LogP contribution in [0.1, 0.15) is 25.0 Å². The smallest absolute Gasteiger partial charge is 0.0470 e. The van der Waals surface area contributed by atoms with Crippen LogP contribution in [0.3, 0.4) is 0 Å². The van der Waals surface area contributed by atoms with Gasteiger partial charge in [0.25, 0.3) is 0 Å². The zero-order chi connectivity index (χ0) is 24.3. The van der Waals surface area contributed by atoms with Crippen molar-refractivity contribution in [2.45, 2.75) is 19.3 Å². The zero-order valence-corrected chi connectivity index (χ0v) is 20.5. The summed E-state index contributed by atoms with van der Waals surface area (Å²) in [5.41, 5.74) is 10.3. The van der Waals surface area contributed by atoms with Crippen LogP contribution in [0.4, 0.5) is 11.4 Å². The molecule has 0 saturated carbocycles. The Kier molecular flexibility index (Phi) is 4.56. The van der Waals surface area contributed by atoms with Crippen molar-refractivity contribution in [3.63, 3.8) is 0 Å². The lowest BCUT2D eigenvalue weighted by atomic mass is 9.81. The van der Waals surface area contributed by atoms with Crippen molar-refractivity contribution in [1.82, 2.24) is 0 Å². The molecule has 0 saturated heterocycles. The van der Waals surface area contributed by atoms with Crippen molar-refractivity contribution >= 4 is 32.9 Å². The molecule has 0 heterocycles. The minimum Gasteiger partial charge on any atom is -0.355 e. The van der Waals surface area contributed by atoms with Crippen molar-refractivity contribution < 1.29 is 0 Å². The van der Waals surface area contributed by atoms with E-state index in [2.05, 4.69) is 140 Å². The molecule has 1 aliphatic rings. The van der Waals surface area contributed by atoms with Crippen LogP contribution in [-0.4, -0.2) is 0 Å². The Hall–Kier alpha value is -4.36. The number of hydrogen-bond acceptors (Lipinski definition) is 1. The Morgan fingerprint density at radius 2 is 1.14 bits per heavy atom. The lowest BCUT2D eigenvalue weighted by Gasteiger charge is -2.22. The topological polar surface area (TPSA) is 12.0 Å². The molecule has 0 spiro atoms. The van der Waals surface area contributed by atoms with Gasteiger partial charge in [0.2, 0.25) is 0 Å². The molecular weight excluding hydrogens is 434 g/mol. The summed E-state index contributed by atoms with van der Waals surface area (Å²) >= 11 is 0. The quantitative estimate of drug-likeness (QED) is 0.259. The summed E-state index contributed by atoms with van der Waals surface area (Å²) in [6, 6.07) is 44.1. The first-order chi connectivity index (χ1) is 17.6. The molecule has 6 aromatic carbocycles. The fourth-order valence-electron chi connectivity index (χ4n) is 5.94. The van der Waals surface area contributed by atoms with Gasteiger partial charge in [0.1, 0.15) is 0 Å². The monoisotopic (exact) mass is 461 g/mol. The SMILES string of the molecule is CC1(C)c2ccccc2-c2ccc(-c3ccc(Nc4cc5ccccc5c5ccccc45)cc3)cc21. The molecule has 1 heteroatoms. The molecule has 0 unspecified atom stereocenters. The Balaban J connectivity index is 1.24. The minimum absolute atomic E-state index is 0.0145. The van der Waals surface area contributed by atoms with E-state index in [1.165, 1.54) is 54.9 Å². The largest absolute Gasteiger partial charge is 0.355 e. The molecule has 0 fully saturated rings. The maximum Gasteiger partial charge on any atom is 0.0470 e. The third kappa shape index (κ3) is 3.17. The molecular formula is C35H27N. The van der Waals surface area contributed by atoms with Crippen molar-refractivity contribution in [2.75, 3.05) is 5.32 Å². The molecule has 1 nitrogen and oxygen atoms in total. The highest BCUT2D eigenvalue weighted by Crippen LogP contribution is 2.49. The van der Waals surface area contributed by atoms with Gasteiger partial charge in [0, 0.05) is 22.2 Å². The van der Waals surface area contributed by atoms with E-state index in [0.29, 0.717) is 0 Å². The van der Waals surface area contributed by atoms with E-state index >= 15 is 0 Å². The average Bonchev–Trinajstić information content (AvgIpc) is 3.15. The van der Waals surface area contributed by atoms with Crippen molar-refractivity contribution in [3.8, 4) is 22.3 Å². The first kappa shape index (κ1) is 21.0. The summed E-state index contributed by atoms with van der Waals surface area (Å²) in [6.07, 6.45) is 0. The number of nitrogens with one attached hydrogen (secondary N) is 1. The van der Waals surface area contributed by atoms with Gasteiger partial charge >= 0.3 is 0 Å². The van der Waals surface area contributed by atoms with Gasteiger partial charge in [-0.2, -0.15) is 0 Å². The van der Waals surface area contributed by atoms with Crippen LogP contribution in [0, 0.1) is 0 Å². The standard InChI is InChI=1S/C35H27N/c1-35(2)32-14-8-7-12-29(32)30-20-17-24(21-33(30)35)23-15-18-26(19-16-23)36-34-22-25-9-3-4-10-27(25)28-11-5-6-13-31(28)34/h3-22,36H,1-2H3. The summed E-state index contributed by atoms with van der Waals surface area (Å²) in [6.45, 7) is 4.67. The molecule has 6 aromatic rings. The first-order valence-electron chi connectivity index (χ1n) is 12.6. The molecule has 0 bridgehead atoms. The lowest BCUT2D eigenvalue weighted by molar-refractivity contribution is 0.660. The van der Waals surface area contributed by atoms with Gasteiger partial charge in [-0.1, -0.05) is 111 Å². The highest BCUT2D eigenvalue weighted by molar-refractivity contribution is 6.13. The fourth-order valence-corrected chi connectivity index (χ4v) is 5.94. The zero-order valence-electron chi connectivity index (χ0n) is 20.5. The molecule has 0 radical (unpaired) electrons. The van der Waals surface area contributed by atoms with Gasteiger partial charge in [-0.3, -0.25) is 0 Å². The van der Waals surface area contributed by atoms with Gasteiger partial charge in [-0.15, -0.1) is 0 Å². The van der Waals surface area contributed by atoms with Crippen LogP contribution < -0.4 is 5.32 Å². The van der Waals surface area contributed by atoms with E-state index in [-0.39, 0.29) is 5.41 Å². The Morgan fingerprint density at radius 3 is 1.97 bits per heavy atom. The molecule has 172 valence electrons. The number of anilines is 2. The summed E-state index contributed by atoms with van der Waals surface area (Å²) in [7, 11) is 0. The normalized spacial score (nSPS) is 13.5. The third-order valence-electron chi connectivity index (χ3n) is 7.85. The molecule has 0 aromatic heterocycles. The summed E-state index contributed by atoms with van der Waals surface area (Å²) in [5.74, 6) is 0. The maximum absolute atomic E-state index is 3.68. The van der Waals surface area contributed by atoms with E-state index < -0.39 is 0 Å². The molecule has 0 aliphatic heterocycles. The Morgan fingerprint density at radius 1 is 0.500 bits per heavy atom. The highest BCUT2D eigenvalue weighted by Gasteiger charge is 2.35. The number of benzene rings is 6. The second-order valence-corrected chi connectivity index (χ2v) is 10.3. The van der Waals surface area contributed by atoms with Crippen molar-refractivity contribution in [3.05, 3.63) is 132 Å². The highest BCUT2D eigenvalue weighted by atomic mass is 14.9. The molecule has 36 heavy (non-hydrogen) atoms. The number of hydrogen-bond donors (Lipinski definition) is 1. The second kappa shape index (κ2) is 7.83. The van der Waals surface area contributed by atoms with Crippen LogP contribution in [0.5, 0.6) is 0 Å². The minimum atomic E-state index is 0.0145. The second-order valence-electron chi connectivity index (χ2n) is 10.3. The van der Waals surface area contributed by atoms with Gasteiger partial charge in [0.05, 0.1) is 0 Å². The summed E-state index contributed by atoms with van der Waals surface area (Å²) in [5, 5.41) is 8.73. The van der Waals surface area contributed by atoms with Gasteiger partial charge in [-0.25, -0.2) is 0 Å². The van der Waals surface area contributed by atoms with Crippen molar-refractivity contribution in [2.24, 2.45) is 0 Å². The Labute approximate surface area is 212 Å². The number of rotatable bonds is 3. The van der Waals surface area contributed by atoms with Crippen LogP contribution in [0.2, 0.25) is 0 Å². The molecule has 1 N–H and O–H groups in total. The van der Waals surface area contributed by atoms with Gasteiger partial charge in [0.15, 0.2) is 0 Å². The Bertz CT molecular complexity index is 1770. The predicted molar refractivity (Wildman–Crippen MR) is 154 cm³/mol. The maximum atomic E-state index is 3.68. The molecule has 0 amide bonds. The first-order valence-corrected chi connectivity index (χ1v) is 12.6. The van der Waals surface area contributed by atoms with E-state index in [9.17, 15) is 0 Å². The van der Waals surface area contributed by atoms with Crippen LogP contribution >= 0.6 is 0 Å². The summed E-state index contributed by atoms with van der Waals surface area (Å²) < 4.78 is 0. The van der Waals surface area contributed by atoms with Crippen LogP contribution in [0.25, 0.3) is 43.8 Å². The summed E-state index contributed by atoms with van der Waals surface area (Å²) in [4.78, 5) is 0. The fraction of sp³-hybridized carbons (Fsp3) is 0.0857. The molecule has 7 rings (SSSR count). The van der Waals surface area contributed by atoms with Gasteiger partial charge in [-0.05, 0) is 73.8 Å². The average molecular weight is 462 g/mol. The van der Waals surface area contributed by atoms with Crippen molar-refractivity contribution in [1.29, 1.82) is 0 Å². The predicted octanol–water partition coefficient (Wildman–Crippen LogP) is 9.71. The van der Waals surface area contributed by atoms with Crippen LogP contribution in [0.15, 0.2) is 121 Å². The molecule has 1 aliphatic carbocycles.